The summed E-state index contributed by atoms with van der Waals surface area (Å²) in [6.45, 7) is 9.46. The molecule has 0 radical (unpaired) electrons. The fraction of sp³-hybridized carbons (Fsp3) is 0.414. The largest absolute Gasteiger partial charge is 0.492 e. The molecule has 0 aliphatic heterocycles. The summed E-state index contributed by atoms with van der Waals surface area (Å²) >= 11 is 1.73. The van der Waals surface area contributed by atoms with Crippen molar-refractivity contribution >= 4 is 17.6 Å². The number of fused-ring (bicyclic) bond motifs is 1. The maximum Gasteiger partial charge on any atom is 0.119 e. The van der Waals surface area contributed by atoms with Crippen LogP contribution in [-0.4, -0.2) is 31.7 Å². The Morgan fingerprint density at radius 3 is 2.71 bits per heavy atom. The van der Waals surface area contributed by atoms with Gasteiger partial charge in [-0.3, -0.25) is 4.98 Å². The van der Waals surface area contributed by atoms with E-state index in [1.807, 2.05) is 38.2 Å². The molecular weight excluding hydrogens is 452 g/mol. The summed E-state index contributed by atoms with van der Waals surface area (Å²) in [5, 5.41) is 7.00. The van der Waals surface area contributed by atoms with Gasteiger partial charge in [0, 0.05) is 36.9 Å². The van der Waals surface area contributed by atoms with Gasteiger partial charge in [-0.2, -0.15) is 0 Å². The number of pyridine rings is 1. The van der Waals surface area contributed by atoms with Crippen molar-refractivity contribution < 1.29 is 4.74 Å². The molecule has 1 aromatic heterocycles. The molecule has 5 nitrogen and oxygen atoms in total. The lowest BCUT2D eigenvalue weighted by atomic mass is 9.92. The lowest BCUT2D eigenvalue weighted by molar-refractivity contribution is 0.315. The Bertz CT molecular complexity index is 1010. The zero-order valence-electron chi connectivity index (χ0n) is 21.6. The smallest absolute Gasteiger partial charge is 0.119 e. The van der Waals surface area contributed by atoms with Crippen LogP contribution in [0.3, 0.4) is 0 Å². The number of hydrogen-bond acceptors (Lipinski definition) is 6. The summed E-state index contributed by atoms with van der Waals surface area (Å²) in [6, 6.07) is 21.7. The van der Waals surface area contributed by atoms with Crippen molar-refractivity contribution in [3.63, 3.8) is 0 Å². The van der Waals surface area contributed by atoms with Crippen LogP contribution in [0.15, 0.2) is 71.8 Å². The summed E-state index contributed by atoms with van der Waals surface area (Å²) in [4.78, 5) is 5.88. The van der Waals surface area contributed by atoms with Gasteiger partial charge in [0.15, 0.2) is 0 Å². The molecule has 1 unspecified atom stereocenters. The van der Waals surface area contributed by atoms with Crippen molar-refractivity contribution in [3.05, 3.63) is 83.7 Å². The molecule has 35 heavy (non-hydrogen) atoms. The second kappa shape index (κ2) is 14.8. The molecule has 1 atom stereocenters. The predicted molar refractivity (Wildman–Crippen MR) is 149 cm³/mol. The van der Waals surface area contributed by atoms with Crippen molar-refractivity contribution in [1.82, 2.24) is 15.6 Å². The molecule has 188 valence electrons. The molecule has 0 spiro atoms. The summed E-state index contributed by atoms with van der Waals surface area (Å²) in [5.41, 5.74) is 5.05. The Morgan fingerprint density at radius 2 is 1.91 bits per heavy atom. The number of nitrogens with one attached hydrogen (secondary N) is 2. The molecule has 4 rings (SSSR count). The molecule has 0 saturated heterocycles. The van der Waals surface area contributed by atoms with E-state index in [4.69, 9.17) is 4.74 Å². The van der Waals surface area contributed by atoms with Crippen molar-refractivity contribution in [3.8, 4) is 5.75 Å². The van der Waals surface area contributed by atoms with Crippen LogP contribution >= 0.6 is 11.9 Å². The lowest BCUT2D eigenvalue weighted by Crippen LogP contribution is -2.25. The molecule has 0 amide bonds. The first-order valence-electron chi connectivity index (χ1n) is 12.8. The first-order chi connectivity index (χ1) is 17.2. The minimum atomic E-state index is 0.340. The molecule has 6 heteroatoms. The molecule has 2 aromatic carbocycles. The van der Waals surface area contributed by atoms with Crippen molar-refractivity contribution in [2.24, 2.45) is 0 Å². The fourth-order valence-electron chi connectivity index (χ4n) is 4.14. The minimum Gasteiger partial charge on any atom is -0.492 e. The number of aromatic nitrogens is 1. The van der Waals surface area contributed by atoms with Gasteiger partial charge in [0.2, 0.25) is 0 Å². The normalized spacial score (nSPS) is 14.5. The maximum atomic E-state index is 5.78. The highest BCUT2D eigenvalue weighted by atomic mass is 32.2. The first-order valence-corrected chi connectivity index (χ1v) is 13.6. The van der Waals surface area contributed by atoms with Crippen molar-refractivity contribution in [1.29, 1.82) is 0 Å². The Balaban J connectivity index is 0.00000167. The van der Waals surface area contributed by atoms with Gasteiger partial charge in [-0.15, -0.1) is 0 Å². The van der Waals surface area contributed by atoms with Crippen LogP contribution < -0.4 is 19.7 Å². The highest BCUT2D eigenvalue weighted by Gasteiger charge is 2.20. The zero-order valence-corrected chi connectivity index (χ0v) is 22.4. The first kappa shape index (κ1) is 27.1. The predicted octanol–water partition coefficient (Wildman–Crippen LogP) is 6.41. The Hall–Kier alpha value is -2.54. The second-order valence-electron chi connectivity index (χ2n) is 8.31. The second-order valence-corrected chi connectivity index (χ2v) is 9.51. The fourth-order valence-corrected chi connectivity index (χ4v) is 5.03. The standard InChI is InChI=1S/C27H34N4OS.C2H6/c1-3-28-17-18-32-24-14-12-23(13-15-24)31(2)33-25-10-4-7-21(19-25)20-30-26-11-5-8-22-9-6-16-29-27(22)26;1-2/h4,6-7,9-10,12-16,19,26,28,30H,3,5,8,11,17-18,20H2,1-2H3;1-2H3. The van der Waals surface area contributed by atoms with E-state index in [9.17, 15) is 0 Å². The van der Waals surface area contributed by atoms with E-state index in [1.54, 1.807) is 11.9 Å². The van der Waals surface area contributed by atoms with Crippen LogP contribution in [0, 0.1) is 0 Å². The van der Waals surface area contributed by atoms with Gasteiger partial charge in [0.1, 0.15) is 12.4 Å². The van der Waals surface area contributed by atoms with Gasteiger partial charge in [0.05, 0.1) is 11.7 Å². The highest BCUT2D eigenvalue weighted by Crippen LogP contribution is 2.30. The van der Waals surface area contributed by atoms with Crippen LogP contribution in [0.4, 0.5) is 5.69 Å². The van der Waals surface area contributed by atoms with Gasteiger partial charge in [-0.25, -0.2) is 0 Å². The number of ether oxygens (including phenoxy) is 1. The number of rotatable bonds is 11. The number of benzene rings is 2. The molecular formula is C29H40N4OS. The van der Waals surface area contributed by atoms with Crippen LogP contribution in [0.2, 0.25) is 0 Å². The minimum absolute atomic E-state index is 0.340. The van der Waals surface area contributed by atoms with Gasteiger partial charge >= 0.3 is 0 Å². The Labute approximate surface area is 215 Å². The average molecular weight is 493 g/mol. The molecule has 1 aliphatic rings. The monoisotopic (exact) mass is 492 g/mol. The van der Waals surface area contributed by atoms with Crippen LogP contribution in [0.25, 0.3) is 0 Å². The number of nitrogens with zero attached hydrogens (tertiary/aromatic N) is 2. The molecule has 0 bridgehead atoms. The summed E-state index contributed by atoms with van der Waals surface area (Å²) in [6.07, 6.45) is 5.42. The summed E-state index contributed by atoms with van der Waals surface area (Å²) < 4.78 is 7.97. The third-order valence-electron chi connectivity index (χ3n) is 5.89. The summed E-state index contributed by atoms with van der Waals surface area (Å²) in [7, 11) is 2.10. The van der Waals surface area contributed by atoms with Crippen LogP contribution in [0.1, 0.15) is 56.5 Å². The lowest BCUT2D eigenvalue weighted by Gasteiger charge is -2.25. The van der Waals surface area contributed by atoms with E-state index in [-0.39, 0.29) is 0 Å². The molecule has 2 N–H and O–H groups in total. The van der Waals surface area contributed by atoms with E-state index in [0.29, 0.717) is 12.6 Å². The topological polar surface area (TPSA) is 49.4 Å². The highest BCUT2D eigenvalue weighted by molar-refractivity contribution is 8.00. The third kappa shape index (κ3) is 8.27. The van der Waals surface area contributed by atoms with Crippen molar-refractivity contribution in [2.45, 2.75) is 57.5 Å². The Kier molecular flexibility index (Phi) is 11.4. The van der Waals surface area contributed by atoms with E-state index < -0.39 is 0 Å². The number of likely N-dealkylation sites (N-methyl/N-ethyl adjacent to an activating group) is 1. The van der Waals surface area contributed by atoms with Crippen LogP contribution in [0.5, 0.6) is 5.75 Å². The van der Waals surface area contributed by atoms with Gasteiger partial charge in [0.25, 0.3) is 0 Å². The molecule has 1 aliphatic carbocycles. The zero-order chi connectivity index (χ0) is 24.9. The molecule has 0 saturated carbocycles. The number of aryl methyl sites for hydroxylation is 1. The van der Waals surface area contributed by atoms with Gasteiger partial charge < -0.3 is 19.7 Å². The van der Waals surface area contributed by atoms with E-state index >= 15 is 0 Å². The van der Waals surface area contributed by atoms with Crippen molar-refractivity contribution in [2.75, 3.05) is 31.0 Å². The SMILES string of the molecule is CC.CCNCCOc1ccc(N(C)Sc2cccc(CNC3CCCc4cccnc43)c2)cc1. The van der Waals surface area contributed by atoms with Gasteiger partial charge in [-0.1, -0.05) is 39.0 Å². The Morgan fingerprint density at radius 1 is 1.09 bits per heavy atom. The molecule has 3 aromatic rings. The summed E-state index contributed by atoms with van der Waals surface area (Å²) in [5.74, 6) is 0.905. The number of hydrogen-bond donors (Lipinski definition) is 2. The van der Waals surface area contributed by atoms with E-state index in [0.717, 1.165) is 43.9 Å². The quantitative estimate of drug-likeness (QED) is 0.238. The molecule has 0 fully saturated rings. The molecule has 1 heterocycles. The van der Waals surface area contributed by atoms with E-state index in [2.05, 4.69) is 76.4 Å². The van der Waals surface area contributed by atoms with Gasteiger partial charge in [-0.05, 0) is 91.3 Å². The number of anilines is 1. The van der Waals surface area contributed by atoms with Crippen LogP contribution in [-0.2, 0) is 13.0 Å². The van der Waals surface area contributed by atoms with E-state index in [1.165, 1.54) is 28.1 Å². The average Bonchev–Trinajstić information content (AvgIpc) is 2.91. The third-order valence-corrected chi connectivity index (χ3v) is 6.84. The maximum absolute atomic E-state index is 5.78.